The van der Waals surface area contributed by atoms with Crippen molar-refractivity contribution < 1.29 is 19.2 Å². The van der Waals surface area contributed by atoms with Crippen LogP contribution in [0.1, 0.15) is 5.56 Å². The minimum Gasteiger partial charge on any atom is -0.482 e. The van der Waals surface area contributed by atoms with E-state index in [1.807, 2.05) is 13.0 Å². The lowest BCUT2D eigenvalue weighted by atomic mass is 10.2. The molecule has 0 spiro atoms. The van der Waals surface area contributed by atoms with Crippen molar-refractivity contribution in [3.8, 4) is 11.5 Å². The van der Waals surface area contributed by atoms with Crippen molar-refractivity contribution in [3.63, 3.8) is 0 Å². The summed E-state index contributed by atoms with van der Waals surface area (Å²) in [6, 6.07) is 12.9. The van der Waals surface area contributed by atoms with E-state index in [1.165, 1.54) is 18.2 Å². The molecule has 108 valence electrons. The second-order valence-electron chi connectivity index (χ2n) is 4.30. The molecule has 0 saturated carbocycles. The lowest BCUT2D eigenvalue weighted by molar-refractivity contribution is -0.385. The number of hydrogen-bond acceptors (Lipinski definition) is 5. The molecule has 0 saturated heterocycles. The summed E-state index contributed by atoms with van der Waals surface area (Å²) in [5.74, 6) is -0.263. The molecule has 0 N–H and O–H groups in total. The first-order chi connectivity index (χ1) is 10.1. The highest BCUT2D eigenvalue weighted by molar-refractivity contribution is 5.75. The van der Waals surface area contributed by atoms with Gasteiger partial charge < -0.3 is 9.47 Å². The molecule has 0 aromatic heterocycles. The van der Waals surface area contributed by atoms with Crippen molar-refractivity contribution >= 4 is 11.7 Å². The largest absolute Gasteiger partial charge is 0.482 e. The molecule has 0 unspecified atom stereocenters. The highest BCUT2D eigenvalue weighted by Gasteiger charge is 2.17. The predicted octanol–water partition coefficient (Wildman–Crippen LogP) is 2.89. The van der Waals surface area contributed by atoms with Crippen LogP contribution < -0.4 is 9.47 Å². The number of esters is 1. The van der Waals surface area contributed by atoms with Crippen LogP contribution in [-0.4, -0.2) is 17.5 Å². The molecule has 2 aromatic rings. The summed E-state index contributed by atoms with van der Waals surface area (Å²) in [6.45, 7) is 1.58. The third-order valence-electron chi connectivity index (χ3n) is 2.63. The van der Waals surface area contributed by atoms with Gasteiger partial charge in [-0.1, -0.05) is 24.3 Å². The lowest BCUT2D eigenvalue weighted by Crippen LogP contribution is -2.18. The van der Waals surface area contributed by atoms with E-state index in [2.05, 4.69) is 0 Å². The van der Waals surface area contributed by atoms with Crippen LogP contribution in [0.2, 0.25) is 0 Å². The van der Waals surface area contributed by atoms with Gasteiger partial charge in [-0.3, -0.25) is 10.1 Å². The van der Waals surface area contributed by atoms with Crippen molar-refractivity contribution in [2.45, 2.75) is 6.92 Å². The van der Waals surface area contributed by atoms with Gasteiger partial charge in [-0.05, 0) is 30.7 Å². The van der Waals surface area contributed by atoms with Crippen LogP contribution >= 0.6 is 0 Å². The molecule has 0 heterocycles. The molecule has 2 aromatic carbocycles. The van der Waals surface area contributed by atoms with Crippen LogP contribution in [0.25, 0.3) is 0 Å². The molecule has 0 radical (unpaired) electrons. The number of nitro benzene ring substituents is 1. The monoisotopic (exact) mass is 287 g/mol. The summed E-state index contributed by atoms with van der Waals surface area (Å²) in [6.07, 6.45) is 0. The fourth-order valence-corrected chi connectivity index (χ4v) is 1.69. The van der Waals surface area contributed by atoms with Crippen molar-refractivity contribution in [3.05, 3.63) is 64.2 Å². The standard InChI is InChI=1S/C15H13NO5/c1-11-5-4-6-12(9-11)20-10-15(17)21-14-8-3-2-7-13(14)16(18)19/h2-9H,10H2,1H3. The zero-order chi connectivity index (χ0) is 15.2. The predicted molar refractivity (Wildman–Crippen MR) is 75.4 cm³/mol. The van der Waals surface area contributed by atoms with E-state index in [0.29, 0.717) is 5.75 Å². The zero-order valence-corrected chi connectivity index (χ0v) is 11.3. The van der Waals surface area contributed by atoms with E-state index in [1.54, 1.807) is 24.3 Å². The third-order valence-corrected chi connectivity index (χ3v) is 2.63. The molecule has 0 fully saturated rings. The Bertz CT molecular complexity index is 669. The number of aryl methyl sites for hydroxylation is 1. The summed E-state index contributed by atoms with van der Waals surface area (Å²) in [5, 5.41) is 10.8. The first-order valence-corrected chi connectivity index (χ1v) is 6.20. The molecule has 2 rings (SSSR count). The summed E-state index contributed by atoms with van der Waals surface area (Å²) < 4.78 is 10.2. The molecule has 6 heteroatoms. The average molecular weight is 287 g/mol. The molecule has 0 aliphatic rings. The smallest absolute Gasteiger partial charge is 0.349 e. The van der Waals surface area contributed by atoms with Crippen molar-refractivity contribution in [2.75, 3.05) is 6.61 Å². The van der Waals surface area contributed by atoms with Crippen LogP contribution in [0.4, 0.5) is 5.69 Å². The maximum Gasteiger partial charge on any atom is 0.349 e. The van der Waals surface area contributed by atoms with Crippen molar-refractivity contribution in [2.24, 2.45) is 0 Å². The van der Waals surface area contributed by atoms with Gasteiger partial charge in [0.05, 0.1) is 4.92 Å². The quantitative estimate of drug-likeness (QED) is 0.365. The highest BCUT2D eigenvalue weighted by atomic mass is 16.6. The third kappa shape index (κ3) is 4.04. The van der Waals surface area contributed by atoms with Gasteiger partial charge in [-0.15, -0.1) is 0 Å². The van der Waals surface area contributed by atoms with Gasteiger partial charge >= 0.3 is 11.7 Å². The molecular formula is C15H13NO5. The minimum absolute atomic E-state index is 0.0969. The molecule has 0 aliphatic carbocycles. The van der Waals surface area contributed by atoms with E-state index >= 15 is 0 Å². The number of rotatable bonds is 5. The Morgan fingerprint density at radius 2 is 1.95 bits per heavy atom. The van der Waals surface area contributed by atoms with Crippen LogP contribution in [0.5, 0.6) is 11.5 Å². The maximum absolute atomic E-state index is 11.7. The fourth-order valence-electron chi connectivity index (χ4n) is 1.69. The molecular weight excluding hydrogens is 274 g/mol. The molecule has 6 nitrogen and oxygen atoms in total. The Morgan fingerprint density at radius 1 is 1.19 bits per heavy atom. The number of carbonyl (C=O) groups is 1. The summed E-state index contributed by atoms with van der Waals surface area (Å²) >= 11 is 0. The number of ether oxygens (including phenoxy) is 2. The molecule has 0 amide bonds. The molecule has 0 aliphatic heterocycles. The topological polar surface area (TPSA) is 78.7 Å². The Balaban J connectivity index is 1.98. The Kier molecular flexibility index (Phi) is 4.50. The first-order valence-electron chi connectivity index (χ1n) is 6.20. The Morgan fingerprint density at radius 3 is 2.67 bits per heavy atom. The molecule has 21 heavy (non-hydrogen) atoms. The number of hydrogen-bond donors (Lipinski definition) is 0. The second-order valence-corrected chi connectivity index (χ2v) is 4.30. The fraction of sp³-hybridized carbons (Fsp3) is 0.133. The number of benzene rings is 2. The van der Waals surface area contributed by atoms with Crippen LogP contribution in [0, 0.1) is 17.0 Å². The number of nitrogens with zero attached hydrogens (tertiary/aromatic N) is 1. The van der Waals surface area contributed by atoms with Gasteiger partial charge in [0, 0.05) is 6.07 Å². The molecule has 0 bridgehead atoms. The summed E-state index contributed by atoms with van der Waals surface area (Å²) in [5.41, 5.74) is 0.737. The van der Waals surface area contributed by atoms with Crippen molar-refractivity contribution in [1.29, 1.82) is 0 Å². The van der Waals surface area contributed by atoms with E-state index < -0.39 is 10.9 Å². The van der Waals surface area contributed by atoms with Crippen LogP contribution in [0.15, 0.2) is 48.5 Å². The highest BCUT2D eigenvalue weighted by Crippen LogP contribution is 2.25. The summed E-state index contributed by atoms with van der Waals surface area (Å²) in [4.78, 5) is 21.9. The minimum atomic E-state index is -0.703. The van der Waals surface area contributed by atoms with E-state index in [0.717, 1.165) is 5.56 Å². The van der Waals surface area contributed by atoms with Gasteiger partial charge in [0.2, 0.25) is 5.75 Å². The van der Waals surface area contributed by atoms with E-state index in [4.69, 9.17) is 9.47 Å². The number of para-hydroxylation sites is 2. The summed E-state index contributed by atoms with van der Waals surface area (Å²) in [7, 11) is 0. The average Bonchev–Trinajstić information content (AvgIpc) is 2.45. The van der Waals surface area contributed by atoms with E-state index in [-0.39, 0.29) is 18.0 Å². The SMILES string of the molecule is Cc1cccc(OCC(=O)Oc2ccccc2[N+](=O)[O-])c1. The van der Waals surface area contributed by atoms with Gasteiger partial charge in [0.1, 0.15) is 5.75 Å². The van der Waals surface area contributed by atoms with Gasteiger partial charge in [0.15, 0.2) is 6.61 Å². The zero-order valence-electron chi connectivity index (χ0n) is 11.3. The first kappa shape index (κ1) is 14.5. The number of nitro groups is 1. The Labute approximate surface area is 121 Å². The van der Waals surface area contributed by atoms with Gasteiger partial charge in [-0.2, -0.15) is 0 Å². The van der Waals surface area contributed by atoms with Gasteiger partial charge in [-0.25, -0.2) is 4.79 Å². The van der Waals surface area contributed by atoms with Crippen molar-refractivity contribution in [1.82, 2.24) is 0 Å². The lowest BCUT2D eigenvalue weighted by Gasteiger charge is -2.07. The van der Waals surface area contributed by atoms with Gasteiger partial charge in [0.25, 0.3) is 0 Å². The second kappa shape index (κ2) is 6.51. The maximum atomic E-state index is 11.7. The number of carbonyl (C=O) groups excluding carboxylic acids is 1. The van der Waals surface area contributed by atoms with Crippen LogP contribution in [0.3, 0.4) is 0 Å². The van der Waals surface area contributed by atoms with E-state index in [9.17, 15) is 14.9 Å². The molecule has 0 atom stereocenters. The normalized spacial score (nSPS) is 9.95. The van der Waals surface area contributed by atoms with Crippen LogP contribution in [-0.2, 0) is 4.79 Å². The Hall–Kier alpha value is -2.89.